The van der Waals surface area contributed by atoms with Crippen molar-refractivity contribution < 1.29 is 17.2 Å². The molecule has 0 radical (unpaired) electrons. The molecule has 0 spiro atoms. The lowest BCUT2D eigenvalue weighted by Gasteiger charge is -2.08. The summed E-state index contributed by atoms with van der Waals surface area (Å²) in [6.07, 6.45) is -0.552. The summed E-state index contributed by atoms with van der Waals surface area (Å²) in [5, 5.41) is 4.48. The zero-order valence-electron chi connectivity index (χ0n) is 5.97. The first-order valence-electron chi connectivity index (χ1n) is 2.86. The number of halogens is 2. The molecule has 0 fully saturated rings. The topological polar surface area (TPSA) is 72.2 Å². The first kappa shape index (κ1) is 10.7. The zero-order valence-corrected chi connectivity index (χ0v) is 6.79. The van der Waals surface area contributed by atoms with E-state index in [4.69, 9.17) is 0 Å². The molecule has 11 heavy (non-hydrogen) atoms. The second kappa shape index (κ2) is 3.42. The van der Waals surface area contributed by atoms with Crippen molar-refractivity contribution in [3.8, 4) is 0 Å². The van der Waals surface area contributed by atoms with Crippen molar-refractivity contribution in [1.29, 1.82) is 0 Å². The van der Waals surface area contributed by atoms with E-state index in [1.807, 2.05) is 0 Å². The predicted octanol–water partition coefficient (Wildman–Crippen LogP) is -0.175. The molecule has 0 bridgehead atoms. The molecule has 0 heterocycles. The first-order chi connectivity index (χ1) is 4.71. The average molecular weight is 188 g/mol. The van der Waals surface area contributed by atoms with Gasteiger partial charge in [0.15, 0.2) is 0 Å². The third-order valence-corrected chi connectivity index (χ3v) is 1.47. The third-order valence-electron chi connectivity index (χ3n) is 0.867. The maximum Gasteiger partial charge on any atom is 0.274 e. The van der Waals surface area contributed by atoms with Crippen LogP contribution >= 0.6 is 0 Å². The molecule has 0 aliphatic rings. The second-order valence-corrected chi connectivity index (χ2v) is 3.64. The summed E-state index contributed by atoms with van der Waals surface area (Å²) in [5.41, 5.74) is 0. The first-order valence-corrected chi connectivity index (χ1v) is 4.40. The molecule has 0 rings (SSSR count). The Morgan fingerprint density at radius 1 is 1.55 bits per heavy atom. The van der Waals surface area contributed by atoms with Gasteiger partial charge in [-0.3, -0.25) is 0 Å². The highest BCUT2D eigenvalue weighted by Crippen LogP contribution is 2.14. The fourth-order valence-corrected chi connectivity index (χ4v) is 0.799. The Kier molecular flexibility index (Phi) is 3.33. The van der Waals surface area contributed by atoms with Gasteiger partial charge in [0.25, 0.3) is 10.2 Å². The maximum absolute atomic E-state index is 12.0. The molecular weight excluding hydrogens is 178 g/mol. The Labute approximate surface area is 64.0 Å². The van der Waals surface area contributed by atoms with Gasteiger partial charge in [-0.15, -0.1) is 0 Å². The minimum absolute atomic E-state index is 0.345. The molecule has 3 N–H and O–H groups in total. The standard InChI is InChI=1S/C4H10F2N2O2S/c1-4(5,6)2-3-8-11(7,9)10/h8H,2-3H2,1H3,(H2,7,9,10). The van der Waals surface area contributed by atoms with E-state index in [2.05, 4.69) is 5.14 Å². The minimum atomic E-state index is -3.83. The van der Waals surface area contributed by atoms with Crippen LogP contribution < -0.4 is 9.86 Å². The third kappa shape index (κ3) is 9.73. The largest absolute Gasteiger partial charge is 0.274 e. The lowest BCUT2D eigenvalue weighted by molar-refractivity contribution is 0.0148. The summed E-state index contributed by atoms with van der Waals surface area (Å²) < 4.78 is 46.1. The lowest BCUT2D eigenvalue weighted by atomic mass is 10.3. The highest BCUT2D eigenvalue weighted by atomic mass is 32.2. The molecule has 4 nitrogen and oxygen atoms in total. The number of hydrogen-bond acceptors (Lipinski definition) is 2. The van der Waals surface area contributed by atoms with Crippen LogP contribution in [-0.4, -0.2) is 20.9 Å². The highest BCUT2D eigenvalue weighted by molar-refractivity contribution is 7.87. The van der Waals surface area contributed by atoms with E-state index in [1.54, 1.807) is 4.72 Å². The Morgan fingerprint density at radius 3 is 2.27 bits per heavy atom. The van der Waals surface area contributed by atoms with Crippen LogP contribution in [0.25, 0.3) is 0 Å². The van der Waals surface area contributed by atoms with Gasteiger partial charge in [0.1, 0.15) is 0 Å². The monoisotopic (exact) mass is 188 g/mol. The van der Waals surface area contributed by atoms with Gasteiger partial charge in [0.2, 0.25) is 5.92 Å². The van der Waals surface area contributed by atoms with Gasteiger partial charge in [-0.05, 0) is 6.92 Å². The second-order valence-electron chi connectivity index (χ2n) is 2.26. The molecule has 0 unspecified atom stereocenters. The SMILES string of the molecule is CC(F)(F)CCNS(N)(=O)=O. The van der Waals surface area contributed by atoms with Crippen LogP contribution in [0, 0.1) is 0 Å². The quantitative estimate of drug-likeness (QED) is 0.642. The average Bonchev–Trinajstić information content (AvgIpc) is 1.55. The van der Waals surface area contributed by atoms with Crippen LogP contribution in [0.3, 0.4) is 0 Å². The summed E-state index contributed by atoms with van der Waals surface area (Å²) in [7, 11) is -3.83. The number of nitrogens with two attached hydrogens (primary N) is 1. The van der Waals surface area contributed by atoms with E-state index in [0.29, 0.717) is 6.92 Å². The number of hydrogen-bond donors (Lipinski definition) is 2. The molecule has 68 valence electrons. The van der Waals surface area contributed by atoms with E-state index >= 15 is 0 Å². The molecule has 0 aliphatic carbocycles. The smallest absolute Gasteiger partial charge is 0.216 e. The van der Waals surface area contributed by atoms with Gasteiger partial charge in [-0.1, -0.05) is 0 Å². The number of alkyl halides is 2. The minimum Gasteiger partial charge on any atom is -0.216 e. The summed E-state index contributed by atoms with van der Waals surface area (Å²) >= 11 is 0. The molecule has 0 saturated carbocycles. The van der Waals surface area contributed by atoms with Crippen molar-refractivity contribution >= 4 is 10.2 Å². The summed E-state index contributed by atoms with van der Waals surface area (Å²) in [6.45, 7) is 0.361. The molecule has 0 aromatic heterocycles. The van der Waals surface area contributed by atoms with Crippen molar-refractivity contribution in [3.05, 3.63) is 0 Å². The van der Waals surface area contributed by atoms with Crippen LogP contribution in [-0.2, 0) is 10.2 Å². The Balaban J connectivity index is 3.61. The van der Waals surface area contributed by atoms with Crippen LogP contribution in [0.15, 0.2) is 0 Å². The lowest BCUT2D eigenvalue weighted by Crippen LogP contribution is -2.33. The fraction of sp³-hybridized carbons (Fsp3) is 1.00. The van der Waals surface area contributed by atoms with E-state index < -0.39 is 22.6 Å². The van der Waals surface area contributed by atoms with Crippen molar-refractivity contribution in [3.63, 3.8) is 0 Å². The van der Waals surface area contributed by atoms with Gasteiger partial charge in [0.05, 0.1) is 0 Å². The molecular formula is C4H10F2N2O2S. The van der Waals surface area contributed by atoms with Crippen LogP contribution in [0.1, 0.15) is 13.3 Å². The summed E-state index contributed by atoms with van der Waals surface area (Å²) in [6, 6.07) is 0. The van der Waals surface area contributed by atoms with Gasteiger partial charge >= 0.3 is 0 Å². The van der Waals surface area contributed by atoms with Crippen LogP contribution in [0.5, 0.6) is 0 Å². The Bertz CT molecular complexity index is 209. The van der Waals surface area contributed by atoms with Gasteiger partial charge < -0.3 is 0 Å². The van der Waals surface area contributed by atoms with Gasteiger partial charge in [0, 0.05) is 13.0 Å². The zero-order chi connectivity index (χ0) is 9.12. The molecule has 0 aromatic rings. The van der Waals surface area contributed by atoms with Crippen molar-refractivity contribution in [2.45, 2.75) is 19.3 Å². The molecule has 0 aromatic carbocycles. The summed E-state index contributed by atoms with van der Waals surface area (Å²) in [5.74, 6) is -2.86. The van der Waals surface area contributed by atoms with Gasteiger partial charge in [-0.25, -0.2) is 18.6 Å². The van der Waals surface area contributed by atoms with Crippen LogP contribution in [0.2, 0.25) is 0 Å². The molecule has 0 amide bonds. The number of rotatable bonds is 4. The molecule has 7 heteroatoms. The van der Waals surface area contributed by atoms with Crippen molar-refractivity contribution in [2.24, 2.45) is 5.14 Å². The maximum atomic E-state index is 12.0. The summed E-state index contributed by atoms with van der Waals surface area (Å²) in [4.78, 5) is 0. The van der Waals surface area contributed by atoms with E-state index in [-0.39, 0.29) is 6.54 Å². The molecule has 0 aliphatic heterocycles. The molecule has 0 saturated heterocycles. The molecule has 0 atom stereocenters. The van der Waals surface area contributed by atoms with E-state index in [1.165, 1.54) is 0 Å². The van der Waals surface area contributed by atoms with E-state index in [9.17, 15) is 17.2 Å². The van der Waals surface area contributed by atoms with Crippen molar-refractivity contribution in [2.75, 3.05) is 6.54 Å². The predicted molar refractivity (Wildman–Crippen MR) is 36.3 cm³/mol. The van der Waals surface area contributed by atoms with Crippen LogP contribution in [0.4, 0.5) is 8.78 Å². The highest BCUT2D eigenvalue weighted by Gasteiger charge is 2.20. The fourth-order valence-electron chi connectivity index (χ4n) is 0.413. The van der Waals surface area contributed by atoms with Crippen molar-refractivity contribution in [1.82, 2.24) is 4.72 Å². The number of nitrogens with one attached hydrogen (secondary N) is 1. The van der Waals surface area contributed by atoms with E-state index in [0.717, 1.165) is 0 Å². The Hall–Kier alpha value is -0.270. The Morgan fingerprint density at radius 2 is 2.00 bits per heavy atom. The normalized spacial score (nSPS) is 13.5. The van der Waals surface area contributed by atoms with Gasteiger partial charge in [-0.2, -0.15) is 8.42 Å².